The van der Waals surface area contributed by atoms with Gasteiger partial charge >= 0.3 is 0 Å². The van der Waals surface area contributed by atoms with Gasteiger partial charge in [-0.1, -0.05) is 25.4 Å². The van der Waals surface area contributed by atoms with Gasteiger partial charge in [0.1, 0.15) is 5.82 Å². The van der Waals surface area contributed by atoms with Crippen LogP contribution in [0.5, 0.6) is 0 Å². The van der Waals surface area contributed by atoms with Gasteiger partial charge in [-0.25, -0.2) is 4.39 Å². The normalized spacial score (nSPS) is 13.6. The van der Waals surface area contributed by atoms with E-state index in [1.165, 1.54) is 6.07 Å². The quantitative estimate of drug-likeness (QED) is 0.853. The Morgan fingerprint density at radius 2 is 2.05 bits per heavy atom. The summed E-state index contributed by atoms with van der Waals surface area (Å²) in [6.07, 6.45) is 0. The van der Waals surface area contributed by atoms with Gasteiger partial charge in [0.2, 0.25) is 0 Å². The summed E-state index contributed by atoms with van der Waals surface area (Å²) in [5.74, 6) is -0.0387. The molecular formula is C14H19ClFN3S. The second-order valence-corrected chi connectivity index (χ2v) is 6.45. The smallest absolute Gasteiger partial charge is 0.178 e. The highest BCUT2D eigenvalue weighted by molar-refractivity contribution is 7.71. The van der Waals surface area contributed by atoms with Gasteiger partial charge in [0.15, 0.2) is 4.77 Å². The zero-order chi connectivity index (χ0) is 15.0. The third-order valence-corrected chi connectivity index (χ3v) is 4.00. The van der Waals surface area contributed by atoms with E-state index in [9.17, 15) is 4.39 Å². The van der Waals surface area contributed by atoms with Crippen LogP contribution < -0.4 is 0 Å². The van der Waals surface area contributed by atoms with Crippen LogP contribution in [0.4, 0.5) is 4.39 Å². The second-order valence-electron chi connectivity index (χ2n) is 5.66. The summed E-state index contributed by atoms with van der Waals surface area (Å²) in [4.78, 5) is 5.19. The lowest BCUT2D eigenvalue weighted by molar-refractivity contribution is 0.272. The summed E-state index contributed by atoms with van der Waals surface area (Å²) in [5, 5.41) is 0.118. The molecule has 0 aliphatic rings. The average Bonchev–Trinajstić information content (AvgIpc) is 2.62. The standard InChI is InChI=1S/C14H19ClFN3S/c1-8(2)13(7-18(3)4)19-12-5-9(15)10(16)6-11(12)17-14(19)20/h5-6,8,13H,7H2,1-4H3,(H,17,20). The lowest BCUT2D eigenvalue weighted by Gasteiger charge is -2.26. The van der Waals surface area contributed by atoms with E-state index in [0.29, 0.717) is 16.2 Å². The Bertz CT molecular complexity index is 675. The summed E-state index contributed by atoms with van der Waals surface area (Å²) in [6.45, 7) is 5.16. The largest absolute Gasteiger partial charge is 0.330 e. The van der Waals surface area contributed by atoms with Gasteiger partial charge < -0.3 is 14.5 Å². The number of hydrogen-bond donors (Lipinski definition) is 1. The lowest BCUT2D eigenvalue weighted by atomic mass is 10.0. The molecule has 1 unspecified atom stereocenters. The number of H-pyrrole nitrogens is 1. The van der Waals surface area contributed by atoms with Gasteiger partial charge in [0, 0.05) is 12.6 Å². The van der Waals surface area contributed by atoms with Gasteiger partial charge in [-0.05, 0) is 38.3 Å². The first-order chi connectivity index (χ1) is 9.31. The number of imidazole rings is 1. The Kier molecular flexibility index (Phi) is 4.52. The number of fused-ring (bicyclic) bond motifs is 1. The fraction of sp³-hybridized carbons (Fsp3) is 0.500. The predicted molar refractivity (Wildman–Crippen MR) is 84.5 cm³/mol. The summed E-state index contributed by atoms with van der Waals surface area (Å²) in [6, 6.07) is 3.24. The van der Waals surface area contributed by atoms with Crippen LogP contribution in [0.3, 0.4) is 0 Å². The maximum Gasteiger partial charge on any atom is 0.178 e. The first-order valence-corrected chi connectivity index (χ1v) is 7.34. The van der Waals surface area contributed by atoms with E-state index >= 15 is 0 Å². The molecule has 1 N–H and O–H groups in total. The van der Waals surface area contributed by atoms with E-state index in [-0.39, 0.29) is 11.1 Å². The van der Waals surface area contributed by atoms with Crippen LogP contribution >= 0.6 is 23.8 Å². The molecular weight excluding hydrogens is 297 g/mol. The molecule has 0 aliphatic carbocycles. The molecule has 6 heteroatoms. The molecule has 1 aromatic carbocycles. The molecule has 110 valence electrons. The first kappa shape index (κ1) is 15.5. The third-order valence-electron chi connectivity index (χ3n) is 3.41. The van der Waals surface area contributed by atoms with E-state index in [0.717, 1.165) is 12.1 Å². The summed E-state index contributed by atoms with van der Waals surface area (Å²) in [7, 11) is 4.06. The van der Waals surface area contributed by atoms with Crippen molar-refractivity contribution >= 4 is 34.9 Å². The number of nitrogens with one attached hydrogen (secondary N) is 1. The molecule has 1 aromatic heterocycles. The van der Waals surface area contributed by atoms with E-state index in [1.807, 2.05) is 18.7 Å². The number of rotatable bonds is 4. The topological polar surface area (TPSA) is 24.0 Å². The van der Waals surface area contributed by atoms with Crippen LogP contribution in [0.25, 0.3) is 11.0 Å². The third kappa shape index (κ3) is 2.90. The van der Waals surface area contributed by atoms with Gasteiger partial charge in [0.25, 0.3) is 0 Å². The maximum absolute atomic E-state index is 13.6. The van der Waals surface area contributed by atoms with E-state index < -0.39 is 5.82 Å². The fourth-order valence-electron chi connectivity index (χ4n) is 2.41. The van der Waals surface area contributed by atoms with Crippen LogP contribution in [0.1, 0.15) is 19.9 Å². The van der Waals surface area contributed by atoms with Crippen molar-refractivity contribution in [2.75, 3.05) is 20.6 Å². The molecule has 0 saturated heterocycles. The number of aromatic amines is 1. The monoisotopic (exact) mass is 315 g/mol. The number of aromatic nitrogens is 2. The summed E-state index contributed by atoms with van der Waals surface area (Å²) < 4.78 is 16.2. The van der Waals surface area contributed by atoms with E-state index in [1.54, 1.807) is 6.07 Å². The van der Waals surface area contributed by atoms with Gasteiger partial charge in [-0.2, -0.15) is 0 Å². The molecule has 3 nitrogen and oxygen atoms in total. The van der Waals surface area contributed by atoms with Gasteiger partial charge in [-0.15, -0.1) is 0 Å². The molecule has 20 heavy (non-hydrogen) atoms. The molecule has 0 radical (unpaired) electrons. The summed E-state index contributed by atoms with van der Waals surface area (Å²) in [5.41, 5.74) is 1.53. The molecule has 0 amide bonds. The SMILES string of the molecule is CC(C)C(CN(C)C)n1c(=S)[nH]c2cc(F)c(Cl)cc21. The molecule has 0 aliphatic heterocycles. The van der Waals surface area contributed by atoms with Crippen LogP contribution in [0.2, 0.25) is 5.02 Å². The van der Waals surface area contributed by atoms with Gasteiger partial charge in [0.05, 0.1) is 22.1 Å². The Hall–Kier alpha value is -0.910. The number of hydrogen-bond acceptors (Lipinski definition) is 2. The first-order valence-electron chi connectivity index (χ1n) is 6.55. The number of likely N-dealkylation sites (N-methyl/N-ethyl adjacent to an activating group) is 1. The molecule has 1 heterocycles. The molecule has 2 aromatic rings. The molecule has 0 fully saturated rings. The Morgan fingerprint density at radius 1 is 1.40 bits per heavy atom. The van der Waals surface area contributed by atoms with Crippen molar-refractivity contribution in [1.82, 2.24) is 14.5 Å². The van der Waals surface area contributed by atoms with Crippen LogP contribution in [0.15, 0.2) is 12.1 Å². The Labute approximate surface area is 128 Å². The van der Waals surface area contributed by atoms with Crippen molar-refractivity contribution in [3.8, 4) is 0 Å². The van der Waals surface area contributed by atoms with E-state index in [4.69, 9.17) is 23.8 Å². The zero-order valence-electron chi connectivity index (χ0n) is 12.1. The Morgan fingerprint density at radius 3 is 2.60 bits per heavy atom. The molecule has 0 saturated carbocycles. The second kappa shape index (κ2) is 5.84. The minimum absolute atomic E-state index is 0.118. The van der Waals surface area contributed by atoms with Crippen molar-refractivity contribution in [2.45, 2.75) is 19.9 Å². The van der Waals surface area contributed by atoms with Crippen molar-refractivity contribution in [2.24, 2.45) is 5.92 Å². The van der Waals surface area contributed by atoms with Gasteiger partial charge in [-0.3, -0.25) is 0 Å². The number of benzene rings is 1. The summed E-state index contributed by atoms with van der Waals surface area (Å²) >= 11 is 11.3. The van der Waals surface area contributed by atoms with Crippen LogP contribution in [-0.4, -0.2) is 35.1 Å². The zero-order valence-corrected chi connectivity index (χ0v) is 13.6. The minimum Gasteiger partial charge on any atom is -0.330 e. The molecule has 0 spiro atoms. The Balaban J connectivity index is 2.65. The average molecular weight is 316 g/mol. The van der Waals surface area contributed by atoms with Crippen molar-refractivity contribution in [3.05, 3.63) is 27.7 Å². The minimum atomic E-state index is -0.434. The van der Waals surface area contributed by atoms with Crippen molar-refractivity contribution in [1.29, 1.82) is 0 Å². The molecule has 2 rings (SSSR count). The van der Waals surface area contributed by atoms with Crippen LogP contribution in [0, 0.1) is 16.5 Å². The van der Waals surface area contributed by atoms with Crippen molar-refractivity contribution < 1.29 is 4.39 Å². The van der Waals surface area contributed by atoms with E-state index in [2.05, 4.69) is 23.7 Å². The highest BCUT2D eigenvalue weighted by Crippen LogP contribution is 2.28. The molecule has 1 atom stereocenters. The number of halogens is 2. The fourth-order valence-corrected chi connectivity index (χ4v) is 2.92. The maximum atomic E-state index is 13.6. The van der Waals surface area contributed by atoms with Crippen molar-refractivity contribution in [3.63, 3.8) is 0 Å². The predicted octanol–water partition coefficient (Wildman–Crippen LogP) is 4.25. The highest BCUT2D eigenvalue weighted by atomic mass is 35.5. The lowest BCUT2D eigenvalue weighted by Crippen LogP contribution is -2.28. The van der Waals surface area contributed by atoms with Crippen LogP contribution in [-0.2, 0) is 0 Å². The molecule has 0 bridgehead atoms. The highest BCUT2D eigenvalue weighted by Gasteiger charge is 2.20. The number of nitrogens with zero attached hydrogens (tertiary/aromatic N) is 2.